The van der Waals surface area contributed by atoms with Crippen LogP contribution >= 0.6 is 0 Å². The zero-order valence-electron chi connectivity index (χ0n) is 76.4. The fourth-order valence-corrected chi connectivity index (χ4v) is 25.7. The van der Waals surface area contributed by atoms with Gasteiger partial charge < -0.3 is 113 Å². The number of rotatable bonds is 30. The van der Waals surface area contributed by atoms with Gasteiger partial charge in [0.25, 0.3) is 112 Å². The van der Waals surface area contributed by atoms with Crippen LogP contribution in [0.15, 0.2) is 0 Å². The summed E-state index contributed by atoms with van der Waals surface area (Å²) >= 11 is 0. The molecule has 6 unspecified atom stereocenters. The lowest BCUT2D eigenvalue weighted by Gasteiger charge is -2.71. The summed E-state index contributed by atoms with van der Waals surface area (Å²) in [6.07, 6.45) is 14.4. The van der Waals surface area contributed by atoms with Crippen LogP contribution in [0.25, 0.3) is 0 Å². The second kappa shape index (κ2) is 41.0. The Balaban J connectivity index is 1.57. The summed E-state index contributed by atoms with van der Waals surface area (Å²) in [6.45, 7) is 92.5. The van der Waals surface area contributed by atoms with Crippen LogP contribution in [0.5, 0.6) is 0 Å². The van der Waals surface area contributed by atoms with Gasteiger partial charge in [0.1, 0.15) is 0 Å². The van der Waals surface area contributed by atoms with Crippen molar-refractivity contribution in [3.8, 4) is 0 Å². The summed E-state index contributed by atoms with van der Waals surface area (Å²) in [6, 6.07) is 0. The van der Waals surface area contributed by atoms with Crippen molar-refractivity contribution in [2.75, 3.05) is 106 Å². The van der Waals surface area contributed by atoms with Gasteiger partial charge in [0.15, 0.2) is 0 Å². The monoisotopic (exact) mass is 1470 g/mol. The topological polar surface area (TPSA) is 77.8 Å². The first-order valence-corrected chi connectivity index (χ1v) is 46.4. The molecule has 9 heterocycles. The highest BCUT2D eigenvalue weighted by atomic mass is 15.6. The molecule has 48 heteroatoms. The maximum atomic E-state index is 3.33. The minimum atomic E-state index is -0.129. The summed E-state index contributed by atoms with van der Waals surface area (Å²) in [5, 5.41) is 0. The minimum Gasteiger partial charge on any atom is -0.373 e. The Morgan fingerprint density at radius 1 is 0.139 bits per heavy atom. The second-order valence-electron chi connectivity index (χ2n) is 33.0. The standard InChI is InChI=1S/C60H152B24N24/c1-33-63-86(32)77-96(56-24)79(92(63)52-20)104-70(40-8)91(51-19)71(41-9)105(73(104)43-11)83-98(58-26)82(103-68(38-6)88(48-16)61(29)89(49-17)69(103)39-7)99(59-27)84(100(83)60-28)108-75(45-13)106(78-90(50-18)62(30)87(47-15)66(36-4)93(78)53-21)74(44-12)107(76(108)46-14)81-95(55-23)67(37-5)94(54-22)80(97(81)57-25)102-65(35-3)85(31)64(34-2)101(77)72(102)42-10/h33-60H2,1-32H3. The largest absolute Gasteiger partial charge is 0.373 e. The van der Waals surface area contributed by atoms with Crippen LogP contribution in [0, 0.1) is 0 Å². The van der Waals surface area contributed by atoms with Crippen molar-refractivity contribution in [3.05, 3.63) is 0 Å². The van der Waals surface area contributed by atoms with Crippen molar-refractivity contribution in [2.45, 2.75) is 296 Å². The number of fused-ring (bicyclic) bond motifs is 18. The third-order valence-electron chi connectivity index (χ3n) is 29.5. The Bertz CT molecular complexity index is 2690. The first-order valence-electron chi connectivity index (χ1n) is 46.4. The average Bonchev–Trinajstić information content (AvgIpc) is 0.703. The van der Waals surface area contributed by atoms with Gasteiger partial charge in [0.2, 0.25) is 0 Å². The molecule has 12 bridgehead atoms. The van der Waals surface area contributed by atoms with Crippen molar-refractivity contribution in [1.82, 2.24) is 113 Å². The van der Waals surface area contributed by atoms with E-state index in [4.69, 9.17) is 0 Å². The molecule has 108 heavy (non-hydrogen) atoms. The molecule has 9 saturated heterocycles. The highest BCUT2D eigenvalue weighted by Crippen LogP contribution is 2.45. The van der Waals surface area contributed by atoms with Crippen LogP contribution < -0.4 is 0 Å². The third kappa shape index (κ3) is 15.1. The summed E-state index contributed by atoms with van der Waals surface area (Å²) in [7, 11) is 4.76. The van der Waals surface area contributed by atoms with Gasteiger partial charge in [0.05, 0.1) is 0 Å². The summed E-state index contributed by atoms with van der Waals surface area (Å²) in [4.78, 5) is 0. The Kier molecular flexibility index (Phi) is 35.1. The quantitative estimate of drug-likeness (QED) is 0.0775. The molecule has 9 fully saturated rings. The highest BCUT2D eigenvalue weighted by Gasteiger charge is 2.74. The molecule has 9 rings (SSSR count). The lowest BCUT2D eigenvalue weighted by Crippen LogP contribution is -2.99. The average molecular weight is 1470 g/mol. The van der Waals surface area contributed by atoms with E-state index in [-0.39, 0.29) is 155 Å². The van der Waals surface area contributed by atoms with Gasteiger partial charge in [-0.25, -0.2) is 0 Å². The normalized spacial score (nSPS) is 27.0. The molecule has 0 aromatic rings. The van der Waals surface area contributed by atoms with Crippen molar-refractivity contribution in [1.29, 1.82) is 0 Å². The molecule has 24 nitrogen and oxygen atoms in total. The SMILES string of the molecule is CCB1N(C)B2N(CC)B(N1CC)N1B(CC)N(CC)B(CC)N(B3N(CC)B(N4B(CC)N(CC)B(C)N(CC)B4CC)N(CC)B(N3CC)N3B(CC)N(B4N(CC)B(C)N(CC)B(CC)N4CC)B(CC)N(B4N(CC)B(CC)N(CC)B(N4CC)N4B(CC)N(C)B(CC)N2B4CC)B3CC)B1CC. The molecule has 9 aliphatic heterocycles. The smallest absolute Gasteiger partial charge is 0.364 e. The molecule has 0 radical (unpaired) electrons. The van der Waals surface area contributed by atoms with Crippen molar-refractivity contribution in [3.63, 3.8) is 0 Å². The van der Waals surface area contributed by atoms with E-state index in [1.165, 1.54) is 0 Å². The fraction of sp³-hybridized carbons (Fsp3) is 1.00. The van der Waals surface area contributed by atoms with Gasteiger partial charge in [0, 0.05) is 0 Å². The van der Waals surface area contributed by atoms with Crippen LogP contribution in [0.2, 0.25) is 102 Å². The zero-order valence-corrected chi connectivity index (χ0v) is 76.4. The van der Waals surface area contributed by atoms with Crippen molar-refractivity contribution >= 4 is 169 Å². The Morgan fingerprint density at radius 3 is 0.565 bits per heavy atom. The first-order chi connectivity index (χ1) is 52.2. The summed E-state index contributed by atoms with van der Waals surface area (Å²) in [5.74, 6) is 0. The minimum absolute atomic E-state index is 0.00488. The van der Waals surface area contributed by atoms with Crippen molar-refractivity contribution in [2.24, 2.45) is 0 Å². The van der Waals surface area contributed by atoms with Crippen molar-refractivity contribution < 1.29 is 0 Å². The number of hydrogen-bond donors (Lipinski definition) is 0. The second-order valence-corrected chi connectivity index (χ2v) is 33.0. The molecule has 0 amide bonds. The van der Waals surface area contributed by atoms with Crippen LogP contribution in [-0.4, -0.2) is 387 Å². The molecule has 0 N–H and O–H groups in total. The molecular formula is C60H152B24N24. The Hall–Kier alpha value is 0.598. The molecular weight excluding hydrogens is 1320 g/mol. The Labute approximate surface area is 678 Å². The van der Waals surface area contributed by atoms with Crippen LogP contribution in [0.4, 0.5) is 0 Å². The van der Waals surface area contributed by atoms with E-state index in [1.54, 1.807) is 0 Å². The molecule has 6 atom stereocenters. The summed E-state index contributed by atoms with van der Waals surface area (Å²) in [5.41, 5.74) is 0. The van der Waals surface area contributed by atoms with Gasteiger partial charge in [-0.05, 0) is 194 Å². The van der Waals surface area contributed by atoms with E-state index in [0.29, 0.717) is 14.0 Å². The third-order valence-corrected chi connectivity index (χ3v) is 29.5. The lowest BCUT2D eigenvalue weighted by atomic mass is 9.26. The number of hydrogen-bond acceptors (Lipinski definition) is 24. The van der Waals surface area contributed by atoms with Gasteiger partial charge in [-0.1, -0.05) is 208 Å². The van der Waals surface area contributed by atoms with Gasteiger partial charge >= 0.3 is 56.9 Å². The van der Waals surface area contributed by atoms with E-state index in [0.717, 1.165) is 180 Å². The van der Waals surface area contributed by atoms with Crippen LogP contribution in [-0.2, 0) is 0 Å². The fourth-order valence-electron chi connectivity index (χ4n) is 25.7. The van der Waals surface area contributed by atoms with E-state index >= 15 is 0 Å². The molecule has 584 valence electrons. The first kappa shape index (κ1) is 92.5. The molecule has 0 aromatic carbocycles. The highest BCUT2D eigenvalue weighted by molar-refractivity contribution is 7.11. The van der Waals surface area contributed by atoms with Crippen LogP contribution in [0.3, 0.4) is 0 Å². The maximum absolute atomic E-state index is 3.33. The molecule has 0 spiro atoms. The maximum Gasteiger partial charge on any atom is 0.364 e. The van der Waals surface area contributed by atoms with Gasteiger partial charge in [-0.2, -0.15) is 0 Å². The molecule has 0 aromatic heterocycles. The predicted octanol–water partition coefficient (Wildman–Crippen LogP) is 6.12. The molecule has 0 saturated carbocycles. The molecule has 0 aliphatic carbocycles. The zero-order chi connectivity index (χ0) is 79.5. The van der Waals surface area contributed by atoms with E-state index in [2.05, 4.69) is 334 Å². The van der Waals surface area contributed by atoms with E-state index in [9.17, 15) is 0 Å². The van der Waals surface area contributed by atoms with E-state index in [1.807, 2.05) is 0 Å². The van der Waals surface area contributed by atoms with Gasteiger partial charge in [-0.15, -0.1) is 0 Å². The number of nitrogens with zero attached hydrogens (tertiary/aromatic N) is 24. The van der Waals surface area contributed by atoms with Gasteiger partial charge in [-0.3, -0.25) is 0 Å². The van der Waals surface area contributed by atoms with Crippen LogP contribution in [0.1, 0.15) is 194 Å². The predicted molar refractivity (Wildman–Crippen MR) is 500 cm³/mol. The van der Waals surface area contributed by atoms with E-state index < -0.39 is 0 Å². The Morgan fingerprint density at radius 2 is 0.306 bits per heavy atom. The lowest BCUT2D eigenvalue weighted by molar-refractivity contribution is 0.363. The summed E-state index contributed by atoms with van der Waals surface area (Å²) < 4.78 is 74.3. The molecule has 9 aliphatic rings.